The van der Waals surface area contributed by atoms with Crippen LogP contribution in [0.2, 0.25) is 0 Å². The minimum Gasteiger partial charge on any atom is -0.452 e. The number of ether oxygens (including phenoxy) is 1. The van der Waals surface area contributed by atoms with Crippen LogP contribution in [-0.4, -0.2) is 48.2 Å². The number of anilines is 2. The first-order chi connectivity index (χ1) is 18.0. The summed E-state index contributed by atoms with van der Waals surface area (Å²) in [5.74, 6) is 2.92. The van der Waals surface area contributed by atoms with Crippen LogP contribution in [0.4, 0.5) is 10.9 Å². The summed E-state index contributed by atoms with van der Waals surface area (Å²) in [6, 6.07) is 11.4. The summed E-state index contributed by atoms with van der Waals surface area (Å²) >= 11 is 2.81. The van der Waals surface area contributed by atoms with Gasteiger partial charge in [-0.2, -0.15) is 4.37 Å². The number of aryl methyl sites for hydroxylation is 1. The van der Waals surface area contributed by atoms with Crippen LogP contribution in [0.15, 0.2) is 64.9 Å². The lowest BCUT2D eigenvalue weighted by Crippen LogP contribution is -2.29. The smallest absolute Gasteiger partial charge is 0.219 e. The molecule has 1 fully saturated rings. The highest BCUT2D eigenvalue weighted by Crippen LogP contribution is 2.37. The Bertz CT molecular complexity index is 1380. The number of carbonyl (C=O) groups excluding carboxylic acids is 1. The van der Waals surface area contributed by atoms with E-state index in [0.29, 0.717) is 22.4 Å². The average molecular weight is 607 g/mol. The van der Waals surface area contributed by atoms with Crippen LogP contribution in [0.1, 0.15) is 43.6 Å². The summed E-state index contributed by atoms with van der Waals surface area (Å²) in [7, 11) is 0. The van der Waals surface area contributed by atoms with Crippen LogP contribution >= 0.6 is 48.1 Å². The third-order valence-electron chi connectivity index (χ3n) is 6.07. The molecule has 39 heavy (non-hydrogen) atoms. The zero-order valence-corrected chi connectivity index (χ0v) is 24.7. The van der Waals surface area contributed by atoms with E-state index in [1.54, 1.807) is 25.5 Å². The molecule has 9 nitrogen and oxygen atoms in total. The van der Waals surface area contributed by atoms with E-state index in [-0.39, 0.29) is 36.6 Å². The Morgan fingerprint density at radius 1 is 1.08 bits per heavy atom. The molecule has 1 amide bonds. The van der Waals surface area contributed by atoms with Crippen molar-refractivity contribution >= 4 is 65.0 Å². The quantitative estimate of drug-likeness (QED) is 0.247. The van der Waals surface area contributed by atoms with E-state index in [9.17, 15) is 4.79 Å². The maximum atomic E-state index is 11.8. The first-order valence-corrected chi connectivity index (χ1v) is 13.7. The Morgan fingerprint density at radius 2 is 1.92 bits per heavy atom. The van der Waals surface area contributed by atoms with Gasteiger partial charge in [0.25, 0.3) is 0 Å². The van der Waals surface area contributed by atoms with Crippen molar-refractivity contribution in [1.29, 1.82) is 0 Å². The van der Waals surface area contributed by atoms with Gasteiger partial charge in [0.15, 0.2) is 11.6 Å². The summed E-state index contributed by atoms with van der Waals surface area (Å²) in [6.45, 7) is 5.06. The highest BCUT2D eigenvalue weighted by atomic mass is 35.5. The van der Waals surface area contributed by atoms with E-state index in [2.05, 4.69) is 24.6 Å². The molecule has 0 saturated carbocycles. The number of hydrogen-bond donors (Lipinski definition) is 1. The Morgan fingerprint density at radius 3 is 2.69 bits per heavy atom. The third kappa shape index (κ3) is 8.01. The number of halogens is 2. The second-order valence-corrected chi connectivity index (χ2v) is 10.5. The lowest BCUT2D eigenvalue weighted by Gasteiger charge is -2.17. The number of nitrogens with zero attached hydrogens (tertiary/aromatic N) is 6. The van der Waals surface area contributed by atoms with Gasteiger partial charge < -0.3 is 15.0 Å². The predicted octanol–water partition coefficient (Wildman–Crippen LogP) is 6.68. The lowest BCUT2D eigenvalue weighted by atomic mass is 10.0. The maximum absolute atomic E-state index is 11.8. The van der Waals surface area contributed by atoms with Crippen molar-refractivity contribution in [3.05, 3.63) is 66.5 Å². The van der Waals surface area contributed by atoms with Crippen LogP contribution in [-0.2, 0) is 4.79 Å². The topological polar surface area (TPSA) is 106 Å². The van der Waals surface area contributed by atoms with E-state index in [4.69, 9.17) is 9.72 Å². The van der Waals surface area contributed by atoms with Crippen molar-refractivity contribution in [3.63, 3.8) is 0 Å². The van der Waals surface area contributed by atoms with Gasteiger partial charge in [0.2, 0.25) is 11.0 Å². The largest absolute Gasteiger partial charge is 0.452 e. The van der Waals surface area contributed by atoms with Gasteiger partial charge in [-0.15, -0.1) is 24.8 Å². The minimum absolute atomic E-state index is 0. The zero-order chi connectivity index (χ0) is 25.6. The number of likely N-dealkylation sites (tertiary alicyclic amines) is 1. The molecule has 1 N–H and O–H groups in total. The molecule has 0 spiro atoms. The van der Waals surface area contributed by atoms with Crippen LogP contribution in [0.3, 0.4) is 0 Å². The molecule has 4 aromatic heterocycles. The molecule has 0 aromatic carbocycles. The van der Waals surface area contributed by atoms with Gasteiger partial charge >= 0.3 is 0 Å². The van der Waals surface area contributed by atoms with Crippen molar-refractivity contribution < 1.29 is 9.53 Å². The molecule has 1 unspecified atom stereocenters. The first-order valence-electron chi connectivity index (χ1n) is 12.1. The molecular formula is C26H29Cl2N7O2S2. The zero-order valence-electron chi connectivity index (χ0n) is 21.4. The monoisotopic (exact) mass is 605 g/mol. The lowest BCUT2D eigenvalue weighted by molar-refractivity contribution is -0.128. The van der Waals surface area contributed by atoms with Crippen molar-refractivity contribution in [1.82, 2.24) is 29.2 Å². The summed E-state index contributed by atoms with van der Waals surface area (Å²) in [5.41, 5.74) is 0.780. The molecule has 1 saturated heterocycles. The highest BCUT2D eigenvalue weighted by molar-refractivity contribution is 7.99. The first kappa shape index (κ1) is 30.6. The van der Waals surface area contributed by atoms with E-state index >= 15 is 0 Å². The fourth-order valence-corrected chi connectivity index (χ4v) is 5.52. The predicted molar refractivity (Wildman–Crippen MR) is 158 cm³/mol. The molecule has 1 atom stereocenters. The molecule has 0 bridgehead atoms. The number of amides is 1. The van der Waals surface area contributed by atoms with E-state index in [0.717, 1.165) is 53.8 Å². The molecule has 206 valence electrons. The number of pyridine rings is 3. The molecular weight excluding hydrogens is 577 g/mol. The highest BCUT2D eigenvalue weighted by Gasteiger charge is 2.23. The summed E-state index contributed by atoms with van der Waals surface area (Å²) in [4.78, 5) is 32.7. The summed E-state index contributed by atoms with van der Waals surface area (Å²) in [6.07, 6.45) is 8.06. The average Bonchev–Trinajstić information content (AvgIpc) is 3.21. The van der Waals surface area contributed by atoms with Gasteiger partial charge in [-0.25, -0.2) is 15.0 Å². The second kappa shape index (κ2) is 14.4. The molecule has 0 radical (unpaired) electrons. The third-order valence-corrected chi connectivity index (χ3v) is 7.63. The van der Waals surface area contributed by atoms with E-state index < -0.39 is 0 Å². The SMILES string of the molecule is CC(=O)N1CCCC(c2nsc(Nc3ncc(Sc4ccccn4)cc3Oc3cccnc3C)n2)CC1.Cl.Cl. The molecule has 1 aliphatic rings. The number of aromatic nitrogens is 5. The maximum Gasteiger partial charge on any atom is 0.219 e. The van der Waals surface area contributed by atoms with E-state index in [1.807, 2.05) is 48.2 Å². The van der Waals surface area contributed by atoms with Crippen molar-refractivity contribution in [2.75, 3.05) is 18.4 Å². The normalized spacial score (nSPS) is 14.9. The summed E-state index contributed by atoms with van der Waals surface area (Å²) < 4.78 is 10.9. The van der Waals surface area contributed by atoms with E-state index in [1.165, 1.54) is 23.3 Å². The Labute approximate surface area is 248 Å². The van der Waals surface area contributed by atoms with Gasteiger partial charge in [0.05, 0.1) is 5.69 Å². The minimum atomic E-state index is 0. The van der Waals surface area contributed by atoms with Gasteiger partial charge in [0, 0.05) is 67.0 Å². The molecule has 13 heteroatoms. The van der Waals surface area contributed by atoms with Crippen molar-refractivity contribution in [2.45, 2.75) is 48.9 Å². The van der Waals surface area contributed by atoms with Crippen molar-refractivity contribution in [2.24, 2.45) is 0 Å². The molecule has 4 aromatic rings. The van der Waals surface area contributed by atoms with Crippen LogP contribution in [0.5, 0.6) is 11.5 Å². The number of hydrogen-bond acceptors (Lipinski definition) is 10. The number of carbonyl (C=O) groups is 1. The van der Waals surface area contributed by atoms with Gasteiger partial charge in [-0.05, 0) is 50.5 Å². The Balaban J connectivity index is 0.00000210. The van der Waals surface area contributed by atoms with Crippen LogP contribution in [0.25, 0.3) is 0 Å². The van der Waals surface area contributed by atoms with Gasteiger partial charge in [-0.1, -0.05) is 17.8 Å². The molecule has 0 aliphatic carbocycles. The Kier molecular flexibility index (Phi) is 11.3. The fraction of sp³-hybridized carbons (Fsp3) is 0.308. The van der Waals surface area contributed by atoms with Crippen LogP contribution < -0.4 is 10.1 Å². The standard InChI is InChI=1S/C26H27N7O2S2.2ClH/c1-17-21(8-5-12-27-17)35-22-15-20(36-23-9-3-4-11-28-23)16-29-25(22)31-26-30-24(32-37-26)19-7-6-13-33(14-10-19)18(2)34;;/h3-5,8-9,11-12,15-16,19H,6-7,10,13-14H2,1-2H3,(H,29,30,31,32);2*1H. The van der Waals surface area contributed by atoms with Crippen LogP contribution in [0, 0.1) is 6.92 Å². The van der Waals surface area contributed by atoms with Crippen molar-refractivity contribution in [3.8, 4) is 11.5 Å². The summed E-state index contributed by atoms with van der Waals surface area (Å²) in [5, 5.41) is 4.82. The second-order valence-electron chi connectivity index (χ2n) is 8.69. The van der Waals surface area contributed by atoms with Gasteiger partial charge in [0.1, 0.15) is 16.6 Å². The molecule has 5 rings (SSSR count). The Hall–Kier alpha value is -2.99. The fourth-order valence-electron chi connectivity index (χ4n) is 4.10. The number of rotatable bonds is 7. The van der Waals surface area contributed by atoms with Gasteiger partial charge in [-0.3, -0.25) is 9.78 Å². The molecule has 1 aliphatic heterocycles. The molecule has 5 heterocycles. The number of nitrogens with one attached hydrogen (secondary N) is 1.